The van der Waals surface area contributed by atoms with Gasteiger partial charge in [-0.3, -0.25) is 0 Å². The second kappa shape index (κ2) is 5.33. The van der Waals surface area contributed by atoms with E-state index >= 15 is 0 Å². The first kappa shape index (κ1) is 11.4. The molecule has 1 atom stereocenters. The van der Waals surface area contributed by atoms with Gasteiger partial charge in [0.2, 0.25) is 0 Å². The highest BCUT2D eigenvalue weighted by molar-refractivity contribution is 7.99. The van der Waals surface area contributed by atoms with E-state index < -0.39 is 0 Å². The number of hydrogen-bond acceptors (Lipinski definition) is 4. The van der Waals surface area contributed by atoms with Gasteiger partial charge in [0.25, 0.3) is 0 Å². The maximum atomic E-state index is 9.06. The molecule has 0 N–H and O–H groups in total. The first-order valence-electron chi connectivity index (χ1n) is 5.41. The van der Waals surface area contributed by atoms with Crippen LogP contribution >= 0.6 is 11.8 Å². The molecule has 0 amide bonds. The van der Waals surface area contributed by atoms with Crippen molar-refractivity contribution in [1.29, 1.82) is 5.26 Å². The van der Waals surface area contributed by atoms with E-state index in [2.05, 4.69) is 11.1 Å². The highest BCUT2D eigenvalue weighted by Crippen LogP contribution is 2.25. The van der Waals surface area contributed by atoms with Crippen molar-refractivity contribution < 1.29 is 4.74 Å². The third kappa shape index (κ3) is 2.55. The number of ether oxygens (including phenoxy) is 1. The van der Waals surface area contributed by atoms with Gasteiger partial charge in [0.15, 0.2) is 0 Å². The average molecular weight is 234 g/mol. The third-order valence-corrected chi connectivity index (χ3v) is 3.79. The van der Waals surface area contributed by atoms with Gasteiger partial charge in [-0.15, -0.1) is 11.8 Å². The molecule has 0 spiro atoms. The normalized spacial score (nSPS) is 19.6. The van der Waals surface area contributed by atoms with Crippen LogP contribution in [-0.2, 0) is 4.74 Å². The van der Waals surface area contributed by atoms with Crippen LogP contribution in [0.25, 0.3) is 0 Å². The lowest BCUT2D eigenvalue weighted by molar-refractivity contribution is 0.129. The van der Waals surface area contributed by atoms with Gasteiger partial charge in [-0.2, -0.15) is 5.26 Å². The molecule has 1 aromatic rings. The maximum absolute atomic E-state index is 9.06. The van der Waals surface area contributed by atoms with Crippen LogP contribution in [0.15, 0.2) is 17.3 Å². The van der Waals surface area contributed by atoms with Gasteiger partial charge in [-0.05, 0) is 31.4 Å². The van der Waals surface area contributed by atoms with Crippen molar-refractivity contribution in [3.05, 3.63) is 23.4 Å². The maximum Gasteiger partial charge on any atom is 0.114 e. The van der Waals surface area contributed by atoms with E-state index in [0.29, 0.717) is 11.7 Å². The molecule has 0 radical (unpaired) electrons. The molecule has 0 bridgehead atoms. The van der Waals surface area contributed by atoms with Crippen molar-refractivity contribution >= 4 is 11.8 Å². The van der Waals surface area contributed by atoms with Crippen molar-refractivity contribution in [2.45, 2.75) is 30.9 Å². The van der Waals surface area contributed by atoms with Gasteiger partial charge >= 0.3 is 0 Å². The molecule has 1 aromatic heterocycles. The Kier molecular flexibility index (Phi) is 3.81. The molecule has 0 aliphatic carbocycles. The molecule has 1 aliphatic rings. The average Bonchev–Trinajstić information content (AvgIpc) is 2.79. The molecule has 1 saturated heterocycles. The number of pyridine rings is 1. The summed E-state index contributed by atoms with van der Waals surface area (Å²) in [6.07, 6.45) is 4.37. The van der Waals surface area contributed by atoms with Crippen molar-refractivity contribution in [2.75, 3.05) is 12.4 Å². The number of nitriles is 1. The zero-order chi connectivity index (χ0) is 11.4. The third-order valence-electron chi connectivity index (χ3n) is 2.67. The monoisotopic (exact) mass is 234 g/mol. The number of aromatic nitrogens is 1. The molecular formula is C12H14N2OS. The quantitative estimate of drug-likeness (QED) is 0.754. The first-order chi connectivity index (χ1) is 7.81. The van der Waals surface area contributed by atoms with E-state index in [1.54, 1.807) is 18.0 Å². The predicted molar refractivity (Wildman–Crippen MR) is 63.4 cm³/mol. The molecule has 1 aliphatic heterocycles. The number of nitrogens with zero attached hydrogens (tertiary/aromatic N) is 2. The molecule has 2 rings (SSSR count). The van der Waals surface area contributed by atoms with E-state index in [1.807, 2.05) is 13.0 Å². The molecule has 0 aromatic carbocycles. The Morgan fingerprint density at radius 1 is 1.69 bits per heavy atom. The minimum absolute atomic E-state index is 0.332. The van der Waals surface area contributed by atoms with Gasteiger partial charge in [-0.25, -0.2) is 4.98 Å². The van der Waals surface area contributed by atoms with E-state index in [9.17, 15) is 0 Å². The highest BCUT2D eigenvalue weighted by atomic mass is 32.2. The molecule has 4 heteroatoms. The fourth-order valence-corrected chi connectivity index (χ4v) is 2.82. The molecular weight excluding hydrogens is 220 g/mol. The van der Waals surface area contributed by atoms with Crippen LogP contribution in [0.4, 0.5) is 0 Å². The largest absolute Gasteiger partial charge is 0.377 e. The minimum Gasteiger partial charge on any atom is -0.377 e. The molecule has 0 saturated carbocycles. The van der Waals surface area contributed by atoms with Crippen molar-refractivity contribution in [2.24, 2.45) is 0 Å². The number of rotatable bonds is 3. The summed E-state index contributed by atoms with van der Waals surface area (Å²) in [7, 11) is 0. The zero-order valence-electron chi connectivity index (χ0n) is 9.27. The Morgan fingerprint density at radius 3 is 3.25 bits per heavy atom. The fraction of sp³-hybridized carbons (Fsp3) is 0.500. The van der Waals surface area contributed by atoms with E-state index in [1.165, 1.54) is 0 Å². The SMILES string of the molecule is Cc1ccnc(SCC2CCCO2)c1C#N. The summed E-state index contributed by atoms with van der Waals surface area (Å²) >= 11 is 1.62. The van der Waals surface area contributed by atoms with E-state index in [0.717, 1.165) is 35.8 Å². The predicted octanol–water partition coefficient (Wildman–Crippen LogP) is 2.53. The Labute approximate surface area is 99.8 Å². The van der Waals surface area contributed by atoms with Crippen LogP contribution < -0.4 is 0 Å². The van der Waals surface area contributed by atoms with Crippen LogP contribution in [0.2, 0.25) is 0 Å². The summed E-state index contributed by atoms with van der Waals surface area (Å²) in [6, 6.07) is 4.08. The number of thioether (sulfide) groups is 1. The van der Waals surface area contributed by atoms with E-state index in [4.69, 9.17) is 10.00 Å². The van der Waals surface area contributed by atoms with Crippen LogP contribution in [0.3, 0.4) is 0 Å². The van der Waals surface area contributed by atoms with Crippen molar-refractivity contribution in [1.82, 2.24) is 4.98 Å². The Bertz CT molecular complexity index is 408. The molecule has 16 heavy (non-hydrogen) atoms. The second-order valence-electron chi connectivity index (χ2n) is 3.87. The smallest absolute Gasteiger partial charge is 0.114 e. The van der Waals surface area contributed by atoms with Gasteiger partial charge in [0.1, 0.15) is 11.1 Å². The molecule has 1 fully saturated rings. The summed E-state index contributed by atoms with van der Waals surface area (Å²) in [6.45, 7) is 2.81. The van der Waals surface area contributed by atoms with Crippen LogP contribution in [0, 0.1) is 18.3 Å². The standard InChI is InChI=1S/C12H14N2OS/c1-9-4-5-14-12(11(9)7-13)16-8-10-3-2-6-15-10/h4-5,10H,2-3,6,8H2,1H3. The fourth-order valence-electron chi connectivity index (χ4n) is 1.73. The molecule has 2 heterocycles. The Balaban J connectivity index is 2.03. The lowest BCUT2D eigenvalue weighted by atomic mass is 10.2. The van der Waals surface area contributed by atoms with Crippen molar-refractivity contribution in [3.8, 4) is 6.07 Å². The Hall–Kier alpha value is -1.05. The van der Waals surface area contributed by atoms with Gasteiger partial charge < -0.3 is 4.74 Å². The Morgan fingerprint density at radius 2 is 2.56 bits per heavy atom. The number of hydrogen-bond donors (Lipinski definition) is 0. The summed E-state index contributed by atoms with van der Waals surface area (Å²) in [5.74, 6) is 0.894. The van der Waals surface area contributed by atoms with E-state index in [-0.39, 0.29) is 0 Å². The molecule has 3 nitrogen and oxygen atoms in total. The van der Waals surface area contributed by atoms with Gasteiger partial charge in [-0.1, -0.05) is 0 Å². The zero-order valence-corrected chi connectivity index (χ0v) is 10.1. The van der Waals surface area contributed by atoms with Gasteiger partial charge in [0.05, 0.1) is 11.7 Å². The second-order valence-corrected chi connectivity index (χ2v) is 4.87. The topological polar surface area (TPSA) is 45.9 Å². The molecule has 1 unspecified atom stereocenters. The summed E-state index contributed by atoms with van der Waals surface area (Å²) in [5, 5.41) is 9.89. The van der Waals surface area contributed by atoms with Gasteiger partial charge in [0, 0.05) is 18.6 Å². The molecule has 84 valence electrons. The summed E-state index contributed by atoms with van der Waals surface area (Å²) in [5.41, 5.74) is 1.69. The van der Waals surface area contributed by atoms with Crippen molar-refractivity contribution in [3.63, 3.8) is 0 Å². The lowest BCUT2D eigenvalue weighted by Crippen LogP contribution is -2.08. The van der Waals surface area contributed by atoms with Crippen LogP contribution in [0.5, 0.6) is 0 Å². The summed E-state index contributed by atoms with van der Waals surface area (Å²) < 4.78 is 5.55. The highest BCUT2D eigenvalue weighted by Gasteiger charge is 2.17. The first-order valence-corrected chi connectivity index (χ1v) is 6.40. The van der Waals surface area contributed by atoms with Crippen LogP contribution in [0.1, 0.15) is 24.0 Å². The number of aryl methyl sites for hydroxylation is 1. The van der Waals surface area contributed by atoms with Crippen LogP contribution in [-0.4, -0.2) is 23.4 Å². The minimum atomic E-state index is 0.332. The summed E-state index contributed by atoms with van der Waals surface area (Å²) in [4.78, 5) is 4.26. The lowest BCUT2D eigenvalue weighted by Gasteiger charge is -2.09.